The van der Waals surface area contributed by atoms with Gasteiger partial charge in [0.1, 0.15) is 0 Å². The lowest BCUT2D eigenvalue weighted by Crippen LogP contribution is -2.59. The molecule has 0 aromatic carbocycles. The molecule has 6 nitrogen and oxygen atoms in total. The van der Waals surface area contributed by atoms with Crippen molar-refractivity contribution in [1.82, 2.24) is 5.06 Å². The molecule has 0 spiro atoms. The highest BCUT2D eigenvalue weighted by Gasteiger charge is 2.46. The van der Waals surface area contributed by atoms with Gasteiger partial charge in [-0.2, -0.15) is 0 Å². The van der Waals surface area contributed by atoms with Crippen LogP contribution in [0.3, 0.4) is 0 Å². The molecule has 0 aromatic heterocycles. The Balaban J connectivity index is 2.83. The van der Waals surface area contributed by atoms with Gasteiger partial charge in [-0.25, -0.2) is 0 Å². The quantitative estimate of drug-likeness (QED) is 0.652. The summed E-state index contributed by atoms with van der Waals surface area (Å²) >= 11 is 0. The highest BCUT2D eigenvalue weighted by atomic mass is 31.2. The van der Waals surface area contributed by atoms with Crippen LogP contribution >= 0.6 is 7.82 Å². The summed E-state index contributed by atoms with van der Waals surface area (Å²) in [4.78, 5) is 21.1. The standard InChI is InChI=1S/C9H19NO5P/c1-8(2)5-7(15-16(12,13)14)6-9(3,4)10(8)11/h7H,5-6H2,1-4H3,(H2,12,13,14)/p-2. The maximum atomic E-state index is 11.9. The van der Waals surface area contributed by atoms with E-state index in [1.807, 2.05) is 0 Å². The van der Waals surface area contributed by atoms with Gasteiger partial charge in [-0.15, -0.1) is 10.3 Å². The molecule has 1 heterocycles. The number of hydrogen-bond acceptors (Lipinski definition) is 5. The Morgan fingerprint density at radius 1 is 1.19 bits per heavy atom. The van der Waals surface area contributed by atoms with Gasteiger partial charge in [-0.1, -0.05) is 0 Å². The molecule has 0 unspecified atom stereocenters. The van der Waals surface area contributed by atoms with Gasteiger partial charge in [0.15, 0.2) is 0 Å². The Bertz CT molecular complexity index is 293. The number of phosphoric ester groups is 1. The Labute approximate surface area is 95.4 Å². The van der Waals surface area contributed by atoms with Crippen molar-refractivity contribution in [2.45, 2.75) is 57.7 Å². The minimum atomic E-state index is -4.99. The van der Waals surface area contributed by atoms with Gasteiger partial charge in [0, 0.05) is 11.1 Å². The van der Waals surface area contributed by atoms with Crippen molar-refractivity contribution in [2.24, 2.45) is 0 Å². The first kappa shape index (κ1) is 14.1. The largest absolute Gasteiger partial charge is 0.790 e. The van der Waals surface area contributed by atoms with Crippen LogP contribution in [0.25, 0.3) is 0 Å². The molecule has 1 aliphatic rings. The zero-order valence-corrected chi connectivity index (χ0v) is 10.8. The summed E-state index contributed by atoms with van der Waals surface area (Å²) in [6.07, 6.45) is -0.251. The molecule has 0 N–H and O–H groups in total. The van der Waals surface area contributed by atoms with E-state index in [-0.39, 0.29) is 12.8 Å². The summed E-state index contributed by atoms with van der Waals surface area (Å²) < 4.78 is 15.0. The molecule has 1 rings (SSSR count). The molecule has 1 fully saturated rings. The van der Waals surface area contributed by atoms with E-state index in [0.717, 1.165) is 5.06 Å². The summed E-state index contributed by atoms with van der Waals surface area (Å²) in [5.74, 6) is 0. The zero-order chi connectivity index (χ0) is 12.8. The maximum absolute atomic E-state index is 11.9. The third-order valence-corrected chi connectivity index (χ3v) is 3.39. The van der Waals surface area contributed by atoms with E-state index in [0.29, 0.717) is 0 Å². The highest BCUT2D eigenvalue weighted by Crippen LogP contribution is 2.42. The topological polar surface area (TPSA) is 95.6 Å². The van der Waals surface area contributed by atoms with E-state index < -0.39 is 25.0 Å². The first-order valence-corrected chi connectivity index (χ1v) is 6.58. The minimum absolute atomic E-state index is 0.231. The van der Waals surface area contributed by atoms with E-state index in [1.165, 1.54) is 0 Å². The summed E-state index contributed by atoms with van der Waals surface area (Å²) in [5.41, 5.74) is -1.47. The first-order valence-electron chi connectivity index (χ1n) is 5.12. The monoisotopic (exact) mass is 250 g/mol. The van der Waals surface area contributed by atoms with E-state index in [4.69, 9.17) is 0 Å². The Hall–Kier alpha value is 0.0300. The van der Waals surface area contributed by atoms with E-state index in [2.05, 4.69) is 4.52 Å². The third kappa shape index (κ3) is 3.26. The molecular formula is C9H17NO5P-2. The van der Waals surface area contributed by atoms with Gasteiger partial charge in [0.2, 0.25) is 0 Å². The van der Waals surface area contributed by atoms with Crippen molar-refractivity contribution in [3.8, 4) is 0 Å². The van der Waals surface area contributed by atoms with Crippen LogP contribution in [0.15, 0.2) is 0 Å². The molecule has 0 aliphatic carbocycles. The molecule has 0 amide bonds. The smallest absolute Gasteiger partial charge is 0.0664 e. The SMILES string of the molecule is CC1(C)CC(OP(=O)([O-])[O-])CC(C)(C)N1[O]. The number of phosphoric acid groups is 1. The fourth-order valence-corrected chi connectivity index (χ4v) is 2.94. The number of hydrogen-bond donors (Lipinski definition) is 0. The number of nitrogens with zero attached hydrogens (tertiary/aromatic N) is 1. The molecule has 1 saturated heterocycles. The summed E-state index contributed by atoms with van der Waals surface area (Å²) in [6.45, 7) is 6.82. The van der Waals surface area contributed by atoms with Crippen molar-refractivity contribution >= 4 is 7.82 Å². The highest BCUT2D eigenvalue weighted by molar-refractivity contribution is 7.43. The summed E-state index contributed by atoms with van der Waals surface area (Å²) in [5, 5.41) is 12.9. The third-order valence-electron chi connectivity index (χ3n) is 2.83. The number of piperidine rings is 1. The van der Waals surface area contributed by atoms with Crippen LogP contribution in [0.5, 0.6) is 0 Å². The molecule has 0 saturated carbocycles. The maximum Gasteiger partial charge on any atom is 0.0664 e. The van der Waals surface area contributed by atoms with Gasteiger partial charge < -0.3 is 18.9 Å². The van der Waals surface area contributed by atoms with Crippen LogP contribution in [-0.4, -0.2) is 22.2 Å². The lowest BCUT2D eigenvalue weighted by Gasteiger charge is -2.51. The lowest BCUT2D eigenvalue weighted by atomic mass is 9.80. The molecule has 0 aromatic rings. The predicted octanol–water partition coefficient (Wildman–Crippen LogP) is 0.199. The van der Waals surface area contributed by atoms with Gasteiger partial charge in [0.25, 0.3) is 0 Å². The van der Waals surface area contributed by atoms with E-state index in [1.54, 1.807) is 27.7 Å². The van der Waals surface area contributed by atoms with Gasteiger partial charge >= 0.3 is 0 Å². The Morgan fingerprint density at radius 2 is 1.56 bits per heavy atom. The number of rotatable bonds is 2. The zero-order valence-electron chi connectivity index (χ0n) is 9.93. The summed E-state index contributed by atoms with van der Waals surface area (Å²) in [6, 6.07) is 0. The van der Waals surface area contributed by atoms with Gasteiger partial charge in [-0.05, 0) is 40.5 Å². The van der Waals surface area contributed by atoms with Crippen molar-refractivity contribution in [3.63, 3.8) is 0 Å². The fraction of sp³-hybridized carbons (Fsp3) is 1.00. The molecule has 0 bridgehead atoms. The molecule has 0 atom stereocenters. The van der Waals surface area contributed by atoms with Crippen molar-refractivity contribution in [2.75, 3.05) is 0 Å². The van der Waals surface area contributed by atoms with Crippen LogP contribution in [0.4, 0.5) is 0 Å². The van der Waals surface area contributed by atoms with Gasteiger partial charge in [0.05, 0.1) is 13.9 Å². The number of hydroxylamine groups is 2. The van der Waals surface area contributed by atoms with Crippen LogP contribution < -0.4 is 9.79 Å². The Morgan fingerprint density at radius 3 is 1.88 bits per heavy atom. The van der Waals surface area contributed by atoms with Crippen LogP contribution in [0.1, 0.15) is 40.5 Å². The van der Waals surface area contributed by atoms with Crippen LogP contribution in [0, 0.1) is 0 Å². The molecule has 16 heavy (non-hydrogen) atoms. The van der Waals surface area contributed by atoms with E-state index in [9.17, 15) is 19.6 Å². The van der Waals surface area contributed by atoms with Crippen molar-refractivity contribution in [3.05, 3.63) is 0 Å². The van der Waals surface area contributed by atoms with Crippen LogP contribution in [-0.2, 0) is 14.3 Å². The molecule has 95 valence electrons. The van der Waals surface area contributed by atoms with Crippen LogP contribution in [0.2, 0.25) is 0 Å². The second kappa shape index (κ2) is 4.05. The van der Waals surface area contributed by atoms with Crippen molar-refractivity contribution in [1.29, 1.82) is 0 Å². The molecule has 1 aliphatic heterocycles. The summed E-state index contributed by atoms with van der Waals surface area (Å²) in [7, 11) is -4.99. The second-order valence-corrected chi connectivity index (χ2v) is 6.61. The average Bonchev–Trinajstić information content (AvgIpc) is 1.95. The normalized spacial score (nSPS) is 26.9. The fourth-order valence-electron chi connectivity index (χ4n) is 2.43. The minimum Gasteiger partial charge on any atom is -0.790 e. The average molecular weight is 250 g/mol. The van der Waals surface area contributed by atoms with E-state index >= 15 is 0 Å². The molecular weight excluding hydrogens is 233 g/mol. The predicted molar refractivity (Wildman–Crippen MR) is 52.4 cm³/mol. The van der Waals surface area contributed by atoms with Crippen molar-refractivity contribution < 1.29 is 24.1 Å². The molecule has 1 radical (unpaired) electrons. The Kier molecular flexibility index (Phi) is 3.57. The van der Waals surface area contributed by atoms with Gasteiger partial charge in [-0.3, -0.25) is 0 Å². The lowest BCUT2D eigenvalue weighted by molar-refractivity contribution is -0.352. The molecule has 7 heteroatoms. The second-order valence-electron chi connectivity index (χ2n) is 5.50. The first-order chi connectivity index (χ1) is 6.94.